The number of anilines is 2. The number of aryl methyl sites for hydroxylation is 1. The molecule has 106 valence electrons. The molecule has 0 aromatic carbocycles. The molecule has 2 rings (SSSR count). The van der Waals surface area contributed by atoms with Crippen LogP contribution in [0.4, 0.5) is 11.6 Å². The van der Waals surface area contributed by atoms with Crippen LogP contribution in [0.25, 0.3) is 0 Å². The van der Waals surface area contributed by atoms with Crippen molar-refractivity contribution in [3.8, 4) is 0 Å². The lowest BCUT2D eigenvalue weighted by Crippen LogP contribution is -2.33. The number of nitrogens with two attached hydrogens (primary N) is 1. The van der Waals surface area contributed by atoms with E-state index in [4.69, 9.17) is 5.73 Å². The van der Waals surface area contributed by atoms with Crippen molar-refractivity contribution in [3.63, 3.8) is 0 Å². The van der Waals surface area contributed by atoms with Crippen LogP contribution in [0, 0.1) is 6.92 Å². The quantitative estimate of drug-likeness (QED) is 0.760. The Hall–Kier alpha value is -1.36. The average Bonchev–Trinajstić information content (AvgIpc) is 2.38. The van der Waals surface area contributed by atoms with Gasteiger partial charge in [-0.25, -0.2) is 9.97 Å². The lowest BCUT2D eigenvalue weighted by Gasteiger charge is -2.27. The monoisotopic (exact) mass is 263 g/mol. The summed E-state index contributed by atoms with van der Waals surface area (Å²) in [4.78, 5) is 8.86. The van der Waals surface area contributed by atoms with Crippen LogP contribution in [0.2, 0.25) is 0 Å². The van der Waals surface area contributed by atoms with Gasteiger partial charge in [-0.05, 0) is 39.0 Å². The van der Waals surface area contributed by atoms with Crippen LogP contribution >= 0.6 is 0 Å². The summed E-state index contributed by atoms with van der Waals surface area (Å²) in [5, 5.41) is 6.82. The molecule has 0 atom stereocenters. The molecule has 1 saturated carbocycles. The topological polar surface area (TPSA) is 75.9 Å². The summed E-state index contributed by atoms with van der Waals surface area (Å²) in [7, 11) is 0. The van der Waals surface area contributed by atoms with Crippen LogP contribution in [0.3, 0.4) is 0 Å². The van der Waals surface area contributed by atoms with Crippen molar-refractivity contribution >= 4 is 11.6 Å². The second kappa shape index (κ2) is 6.70. The molecule has 1 aliphatic rings. The largest absolute Gasteiger partial charge is 0.370 e. The molecule has 0 radical (unpaired) electrons. The Kier molecular flexibility index (Phi) is 4.96. The molecular formula is C14H25N5. The normalized spacial score (nSPS) is 23.1. The van der Waals surface area contributed by atoms with Crippen LogP contribution < -0.4 is 16.4 Å². The fourth-order valence-electron chi connectivity index (χ4n) is 2.46. The molecule has 1 fully saturated rings. The fourth-order valence-corrected chi connectivity index (χ4v) is 2.46. The Labute approximate surface area is 115 Å². The van der Waals surface area contributed by atoms with Gasteiger partial charge < -0.3 is 16.4 Å². The van der Waals surface area contributed by atoms with E-state index in [1.807, 2.05) is 13.0 Å². The van der Waals surface area contributed by atoms with E-state index < -0.39 is 0 Å². The van der Waals surface area contributed by atoms with Gasteiger partial charge in [-0.3, -0.25) is 0 Å². The van der Waals surface area contributed by atoms with E-state index in [2.05, 4.69) is 27.5 Å². The molecule has 1 aliphatic carbocycles. The van der Waals surface area contributed by atoms with Crippen molar-refractivity contribution in [2.45, 2.75) is 58.0 Å². The highest BCUT2D eigenvalue weighted by Gasteiger charge is 2.18. The second-order valence-corrected chi connectivity index (χ2v) is 5.37. The molecule has 1 heterocycles. The third kappa shape index (κ3) is 4.35. The molecule has 1 aromatic heterocycles. The van der Waals surface area contributed by atoms with Crippen molar-refractivity contribution in [2.24, 2.45) is 5.73 Å². The highest BCUT2D eigenvalue weighted by molar-refractivity contribution is 5.48. The molecule has 5 nitrogen and oxygen atoms in total. The van der Waals surface area contributed by atoms with Gasteiger partial charge >= 0.3 is 0 Å². The van der Waals surface area contributed by atoms with Crippen molar-refractivity contribution in [1.29, 1.82) is 0 Å². The van der Waals surface area contributed by atoms with Gasteiger partial charge in [0.25, 0.3) is 0 Å². The van der Waals surface area contributed by atoms with Gasteiger partial charge in [0.2, 0.25) is 0 Å². The van der Waals surface area contributed by atoms with E-state index in [-0.39, 0.29) is 0 Å². The van der Waals surface area contributed by atoms with Gasteiger partial charge in [0.1, 0.15) is 17.5 Å². The Morgan fingerprint density at radius 2 is 1.89 bits per heavy atom. The molecule has 0 unspecified atom stereocenters. The molecule has 0 saturated heterocycles. The SMILES string of the molecule is CCCNc1cc(NC2CCC(N)CC2)nc(C)n1. The van der Waals surface area contributed by atoms with Gasteiger partial charge in [0.15, 0.2) is 0 Å². The number of hydrogen-bond acceptors (Lipinski definition) is 5. The van der Waals surface area contributed by atoms with E-state index in [0.29, 0.717) is 12.1 Å². The van der Waals surface area contributed by atoms with E-state index in [1.54, 1.807) is 0 Å². The number of nitrogens with one attached hydrogen (secondary N) is 2. The maximum atomic E-state index is 5.93. The zero-order chi connectivity index (χ0) is 13.7. The van der Waals surface area contributed by atoms with Gasteiger partial charge in [-0.2, -0.15) is 0 Å². The standard InChI is InChI=1S/C14H25N5/c1-3-8-16-13-9-14(18-10(2)17-13)19-12-6-4-11(15)5-7-12/h9,11-12H,3-8,15H2,1-2H3,(H2,16,17,18,19). The number of nitrogens with zero attached hydrogens (tertiary/aromatic N) is 2. The van der Waals surface area contributed by atoms with Gasteiger partial charge in [0.05, 0.1) is 0 Å². The third-order valence-corrected chi connectivity index (χ3v) is 3.52. The van der Waals surface area contributed by atoms with Crippen LogP contribution in [-0.2, 0) is 0 Å². The molecule has 0 spiro atoms. The highest BCUT2D eigenvalue weighted by atomic mass is 15.1. The summed E-state index contributed by atoms with van der Waals surface area (Å²) in [6, 6.07) is 2.87. The zero-order valence-electron chi connectivity index (χ0n) is 11.9. The average molecular weight is 263 g/mol. The highest BCUT2D eigenvalue weighted by Crippen LogP contribution is 2.21. The first kappa shape index (κ1) is 14.1. The molecule has 0 amide bonds. The Balaban J connectivity index is 1.97. The van der Waals surface area contributed by atoms with E-state index in [9.17, 15) is 0 Å². The lowest BCUT2D eigenvalue weighted by atomic mass is 9.92. The van der Waals surface area contributed by atoms with E-state index >= 15 is 0 Å². The first-order valence-corrected chi connectivity index (χ1v) is 7.29. The minimum Gasteiger partial charge on any atom is -0.370 e. The first-order chi connectivity index (χ1) is 9.17. The van der Waals surface area contributed by atoms with Crippen molar-refractivity contribution in [2.75, 3.05) is 17.2 Å². The third-order valence-electron chi connectivity index (χ3n) is 3.52. The number of rotatable bonds is 5. The molecule has 19 heavy (non-hydrogen) atoms. The molecule has 0 aliphatic heterocycles. The second-order valence-electron chi connectivity index (χ2n) is 5.37. The van der Waals surface area contributed by atoms with Crippen LogP contribution in [0.15, 0.2) is 6.07 Å². The van der Waals surface area contributed by atoms with Crippen molar-refractivity contribution < 1.29 is 0 Å². The lowest BCUT2D eigenvalue weighted by molar-refractivity contribution is 0.410. The maximum Gasteiger partial charge on any atom is 0.132 e. The Morgan fingerprint density at radius 3 is 2.58 bits per heavy atom. The minimum absolute atomic E-state index is 0.381. The first-order valence-electron chi connectivity index (χ1n) is 7.29. The summed E-state index contributed by atoms with van der Waals surface area (Å²) >= 11 is 0. The fraction of sp³-hybridized carbons (Fsp3) is 0.714. The van der Waals surface area contributed by atoms with Crippen LogP contribution in [0.1, 0.15) is 44.9 Å². The molecular weight excluding hydrogens is 238 g/mol. The predicted octanol–water partition coefficient (Wildman–Crippen LogP) is 2.29. The molecule has 4 N–H and O–H groups in total. The summed E-state index contributed by atoms with van der Waals surface area (Å²) in [5.41, 5.74) is 5.93. The van der Waals surface area contributed by atoms with Crippen molar-refractivity contribution in [3.05, 3.63) is 11.9 Å². The van der Waals surface area contributed by atoms with Crippen molar-refractivity contribution in [1.82, 2.24) is 9.97 Å². The Bertz CT molecular complexity index is 399. The zero-order valence-corrected chi connectivity index (χ0v) is 11.9. The molecule has 5 heteroatoms. The van der Waals surface area contributed by atoms with Gasteiger partial charge in [0, 0.05) is 24.7 Å². The predicted molar refractivity (Wildman–Crippen MR) is 79.4 cm³/mol. The van der Waals surface area contributed by atoms with Gasteiger partial charge in [-0.15, -0.1) is 0 Å². The number of aromatic nitrogens is 2. The summed E-state index contributed by atoms with van der Waals surface area (Å²) < 4.78 is 0. The Morgan fingerprint density at radius 1 is 1.21 bits per heavy atom. The molecule has 1 aromatic rings. The van der Waals surface area contributed by atoms with Crippen LogP contribution in [-0.4, -0.2) is 28.6 Å². The van der Waals surface area contributed by atoms with E-state index in [0.717, 1.165) is 56.1 Å². The summed E-state index contributed by atoms with van der Waals surface area (Å²) in [5.74, 6) is 2.63. The summed E-state index contributed by atoms with van der Waals surface area (Å²) in [6.45, 7) is 5.01. The van der Waals surface area contributed by atoms with E-state index in [1.165, 1.54) is 0 Å². The summed E-state index contributed by atoms with van der Waals surface area (Å²) in [6.07, 6.45) is 5.54. The molecule has 0 bridgehead atoms. The maximum absolute atomic E-state index is 5.93. The van der Waals surface area contributed by atoms with Gasteiger partial charge in [-0.1, -0.05) is 6.92 Å². The minimum atomic E-state index is 0.381. The smallest absolute Gasteiger partial charge is 0.132 e. The number of hydrogen-bond donors (Lipinski definition) is 3. The van der Waals surface area contributed by atoms with Crippen LogP contribution in [0.5, 0.6) is 0 Å².